The van der Waals surface area contributed by atoms with Crippen LogP contribution in [0.25, 0.3) is 17.0 Å². The third-order valence-electron chi connectivity index (χ3n) is 8.52. The van der Waals surface area contributed by atoms with Gasteiger partial charge in [0.15, 0.2) is 0 Å². The third kappa shape index (κ3) is 2.72. The molecule has 6 heteroatoms. The van der Waals surface area contributed by atoms with Gasteiger partial charge >= 0.3 is 0 Å². The Morgan fingerprint density at radius 3 is 2.63 bits per heavy atom. The summed E-state index contributed by atoms with van der Waals surface area (Å²) in [7, 11) is 0. The van der Waals surface area contributed by atoms with Crippen molar-refractivity contribution in [1.82, 2.24) is 9.88 Å². The van der Waals surface area contributed by atoms with E-state index in [1.54, 1.807) is 0 Å². The maximum Gasteiger partial charge on any atom is 0.143 e. The van der Waals surface area contributed by atoms with Gasteiger partial charge in [0.05, 0.1) is 28.6 Å². The minimum Gasteiger partial charge on any atom is -0.360 e. The molecule has 0 radical (unpaired) electrons. The van der Waals surface area contributed by atoms with E-state index in [9.17, 15) is 0 Å². The predicted octanol–water partition coefficient (Wildman–Crippen LogP) is 4.33. The van der Waals surface area contributed by atoms with E-state index in [0.717, 1.165) is 16.9 Å². The van der Waals surface area contributed by atoms with Gasteiger partial charge in [0.25, 0.3) is 0 Å². The number of nitrogens with one attached hydrogen (secondary N) is 3. The standard InChI is InChI=1S/C32H26N6/c1-5-13-23-19(9-1)17-27(33-23)37-25-15-7-3-11-21(25)29-31(37)35-30-22-12-4-8-16-26(22)38(32(30)36-29)28-18-20-10-2-6-14-24(20)34-28/h1-18,23,27-28,30,32-33,35-36H. The molecule has 184 valence electrons. The van der Waals surface area contributed by atoms with Gasteiger partial charge in [0.1, 0.15) is 24.3 Å². The van der Waals surface area contributed by atoms with Gasteiger partial charge in [0.2, 0.25) is 0 Å². The minimum atomic E-state index is -0.0596. The Labute approximate surface area is 220 Å². The summed E-state index contributed by atoms with van der Waals surface area (Å²) in [5.41, 5.74) is 6.20. The van der Waals surface area contributed by atoms with Gasteiger partial charge in [-0.15, -0.1) is 0 Å². The molecule has 0 saturated heterocycles. The van der Waals surface area contributed by atoms with Crippen molar-refractivity contribution in [2.45, 2.75) is 30.6 Å². The molecule has 9 rings (SSSR count). The monoisotopic (exact) mass is 494 g/mol. The summed E-state index contributed by atoms with van der Waals surface area (Å²) >= 11 is 0. The normalized spacial score (nSPS) is 27.3. The number of nitrogens with zero attached hydrogens (tertiary/aromatic N) is 3. The molecule has 3 aromatic carbocycles. The van der Waals surface area contributed by atoms with E-state index in [2.05, 4.69) is 135 Å². The van der Waals surface area contributed by atoms with Gasteiger partial charge in [-0.2, -0.15) is 0 Å². The van der Waals surface area contributed by atoms with E-state index < -0.39 is 0 Å². The fourth-order valence-corrected chi connectivity index (χ4v) is 6.88. The number of fused-ring (bicyclic) bond motifs is 8. The Morgan fingerprint density at radius 1 is 0.816 bits per heavy atom. The van der Waals surface area contributed by atoms with Crippen molar-refractivity contribution in [3.05, 3.63) is 125 Å². The third-order valence-corrected chi connectivity index (χ3v) is 8.52. The van der Waals surface area contributed by atoms with Crippen molar-refractivity contribution in [1.29, 1.82) is 0 Å². The van der Waals surface area contributed by atoms with Crippen LogP contribution in [0.5, 0.6) is 0 Å². The van der Waals surface area contributed by atoms with Crippen LogP contribution in [-0.4, -0.2) is 22.9 Å². The second kappa shape index (κ2) is 7.49. The number of allylic oxidation sites excluding steroid dienone is 2. The Bertz CT molecular complexity index is 1830. The summed E-state index contributed by atoms with van der Waals surface area (Å²) < 4.78 is 2.42. The van der Waals surface area contributed by atoms with E-state index >= 15 is 0 Å². The first kappa shape index (κ1) is 20.5. The van der Waals surface area contributed by atoms with Gasteiger partial charge in [-0.1, -0.05) is 78.9 Å². The number of benzene rings is 3. The van der Waals surface area contributed by atoms with E-state index in [1.165, 1.54) is 32.9 Å². The summed E-state index contributed by atoms with van der Waals surface area (Å²) in [6.07, 6.45) is 13.3. The Kier molecular flexibility index (Phi) is 4.04. The van der Waals surface area contributed by atoms with Crippen molar-refractivity contribution in [2.75, 3.05) is 15.5 Å². The lowest BCUT2D eigenvalue weighted by molar-refractivity contribution is 0.509. The number of hydrogen-bond donors (Lipinski definition) is 3. The van der Waals surface area contributed by atoms with Crippen molar-refractivity contribution >= 4 is 34.2 Å². The van der Waals surface area contributed by atoms with Crippen LogP contribution in [0.2, 0.25) is 0 Å². The van der Waals surface area contributed by atoms with Gasteiger partial charge < -0.3 is 20.1 Å². The molecular formula is C32H26N6. The summed E-state index contributed by atoms with van der Waals surface area (Å²) in [6.45, 7) is 0. The topological polar surface area (TPSA) is 56.6 Å². The zero-order chi connectivity index (χ0) is 24.8. The second-order valence-electron chi connectivity index (χ2n) is 10.6. The highest BCUT2D eigenvalue weighted by Crippen LogP contribution is 2.51. The summed E-state index contributed by atoms with van der Waals surface area (Å²) in [6, 6.07) is 26.2. The number of rotatable bonds is 2. The van der Waals surface area contributed by atoms with Crippen LogP contribution in [0, 0.1) is 0 Å². The average molecular weight is 495 g/mol. The quantitative estimate of drug-likeness (QED) is 0.388. The fraction of sp³-hybridized carbons (Fsp3) is 0.156. The van der Waals surface area contributed by atoms with E-state index in [1.807, 2.05) is 0 Å². The zero-order valence-electron chi connectivity index (χ0n) is 20.6. The van der Waals surface area contributed by atoms with Gasteiger partial charge in [-0.25, -0.2) is 0 Å². The SMILES string of the molecule is C1=CC2=CC(n3c4c(c5ccccc53)NC3C(N4)c4ccccc4N3C3C=c4ccccc4=N3)NC2C=C1. The first-order valence-corrected chi connectivity index (χ1v) is 13.3. The molecule has 1 aromatic heterocycles. The molecule has 0 amide bonds. The summed E-state index contributed by atoms with van der Waals surface area (Å²) in [5.74, 6) is 1.13. The molecule has 5 unspecified atom stereocenters. The molecule has 4 aromatic rings. The van der Waals surface area contributed by atoms with Gasteiger partial charge in [-0.3, -0.25) is 10.3 Å². The van der Waals surface area contributed by atoms with E-state index in [0.29, 0.717) is 0 Å². The van der Waals surface area contributed by atoms with E-state index in [-0.39, 0.29) is 30.6 Å². The highest BCUT2D eigenvalue weighted by atomic mass is 15.4. The lowest BCUT2D eigenvalue weighted by Gasteiger charge is -2.38. The molecule has 3 N–H and O–H groups in total. The van der Waals surface area contributed by atoms with Crippen LogP contribution in [0.4, 0.5) is 17.2 Å². The van der Waals surface area contributed by atoms with Crippen molar-refractivity contribution in [2.24, 2.45) is 4.99 Å². The van der Waals surface area contributed by atoms with Crippen molar-refractivity contribution in [3.8, 4) is 0 Å². The van der Waals surface area contributed by atoms with Crippen LogP contribution in [0.1, 0.15) is 17.8 Å². The fourth-order valence-electron chi connectivity index (χ4n) is 6.88. The number of aromatic nitrogens is 1. The molecule has 0 saturated carbocycles. The van der Waals surface area contributed by atoms with Crippen molar-refractivity contribution < 1.29 is 0 Å². The lowest BCUT2D eigenvalue weighted by Crippen LogP contribution is -2.48. The highest BCUT2D eigenvalue weighted by molar-refractivity contribution is 6.02. The largest absolute Gasteiger partial charge is 0.360 e. The van der Waals surface area contributed by atoms with Crippen LogP contribution in [-0.2, 0) is 0 Å². The molecule has 38 heavy (non-hydrogen) atoms. The Balaban J connectivity index is 1.20. The molecule has 5 heterocycles. The van der Waals surface area contributed by atoms with Crippen LogP contribution in [0.3, 0.4) is 0 Å². The molecule has 5 aliphatic rings. The second-order valence-corrected chi connectivity index (χ2v) is 10.6. The Hall–Kier alpha value is -4.55. The molecule has 0 fully saturated rings. The molecule has 5 atom stereocenters. The average Bonchev–Trinajstić information content (AvgIpc) is 3.71. The molecule has 6 nitrogen and oxygen atoms in total. The van der Waals surface area contributed by atoms with E-state index in [4.69, 9.17) is 4.99 Å². The zero-order valence-corrected chi connectivity index (χ0v) is 20.6. The number of anilines is 3. The van der Waals surface area contributed by atoms with Gasteiger partial charge in [0, 0.05) is 16.6 Å². The molecule has 0 spiro atoms. The minimum absolute atomic E-state index is 0.0295. The van der Waals surface area contributed by atoms with Crippen LogP contribution in [0.15, 0.2) is 114 Å². The first-order valence-electron chi connectivity index (χ1n) is 13.3. The molecule has 1 aliphatic carbocycles. The van der Waals surface area contributed by atoms with Crippen molar-refractivity contribution in [3.63, 3.8) is 0 Å². The predicted molar refractivity (Wildman–Crippen MR) is 152 cm³/mol. The molecule has 4 aliphatic heterocycles. The highest BCUT2D eigenvalue weighted by Gasteiger charge is 2.46. The molecular weight excluding hydrogens is 468 g/mol. The van der Waals surface area contributed by atoms with Gasteiger partial charge in [-0.05, 0) is 41.1 Å². The molecule has 0 bridgehead atoms. The maximum atomic E-state index is 5.12. The summed E-state index contributed by atoms with van der Waals surface area (Å²) in [4.78, 5) is 7.56. The number of para-hydroxylation sites is 3. The smallest absolute Gasteiger partial charge is 0.143 e. The Morgan fingerprint density at radius 2 is 1.68 bits per heavy atom. The van der Waals surface area contributed by atoms with Crippen LogP contribution < -0.4 is 31.4 Å². The maximum absolute atomic E-state index is 5.12. The first-order chi connectivity index (χ1) is 18.8. The summed E-state index contributed by atoms with van der Waals surface area (Å²) in [5, 5.41) is 15.3. The van der Waals surface area contributed by atoms with Crippen LogP contribution >= 0.6 is 0 Å². The lowest BCUT2D eigenvalue weighted by atomic mass is 10.0. The number of hydrogen-bond acceptors (Lipinski definition) is 5.